The molecule has 5 nitrogen and oxygen atoms in total. The second-order valence-electron chi connectivity index (χ2n) is 6.23. The molecule has 2 aromatic heterocycles. The van der Waals surface area contributed by atoms with Gasteiger partial charge in [0.05, 0.1) is 17.9 Å². The van der Waals surface area contributed by atoms with Crippen LogP contribution >= 0.6 is 12.4 Å². The maximum Gasteiger partial charge on any atom is 0.0534 e. The molecule has 0 saturated heterocycles. The molecule has 0 atom stereocenters. The van der Waals surface area contributed by atoms with Gasteiger partial charge in [-0.25, -0.2) is 0 Å². The molecule has 22 heavy (non-hydrogen) atoms. The van der Waals surface area contributed by atoms with E-state index in [4.69, 9.17) is 0 Å². The van der Waals surface area contributed by atoms with E-state index in [1.807, 2.05) is 12.4 Å². The summed E-state index contributed by atoms with van der Waals surface area (Å²) >= 11 is 0. The molecule has 0 aromatic carbocycles. The Morgan fingerprint density at radius 1 is 1.23 bits per heavy atom. The summed E-state index contributed by atoms with van der Waals surface area (Å²) in [6.45, 7) is 6.01. The van der Waals surface area contributed by atoms with Crippen LogP contribution in [-0.4, -0.2) is 19.6 Å². The van der Waals surface area contributed by atoms with Crippen LogP contribution in [0, 0.1) is 0 Å². The highest BCUT2D eigenvalue weighted by molar-refractivity contribution is 5.85. The van der Waals surface area contributed by atoms with Crippen molar-refractivity contribution in [2.75, 3.05) is 0 Å². The SMILES string of the molecule is CC(C)n1nccc1CNCc1cnn(C2CCCC2)c1.Cl. The fourth-order valence-corrected chi connectivity index (χ4v) is 3.12. The third-order valence-corrected chi connectivity index (χ3v) is 4.23. The Labute approximate surface area is 138 Å². The van der Waals surface area contributed by atoms with Gasteiger partial charge in [-0.15, -0.1) is 12.4 Å². The topological polar surface area (TPSA) is 47.7 Å². The maximum atomic E-state index is 4.52. The van der Waals surface area contributed by atoms with Gasteiger partial charge in [-0.2, -0.15) is 10.2 Å². The second kappa shape index (κ2) is 7.79. The van der Waals surface area contributed by atoms with Gasteiger partial charge < -0.3 is 5.32 Å². The number of halogens is 1. The largest absolute Gasteiger partial charge is 0.307 e. The van der Waals surface area contributed by atoms with E-state index in [-0.39, 0.29) is 12.4 Å². The van der Waals surface area contributed by atoms with Crippen LogP contribution in [0.5, 0.6) is 0 Å². The Kier molecular flexibility index (Phi) is 6.03. The number of hydrogen-bond acceptors (Lipinski definition) is 3. The molecule has 0 spiro atoms. The molecule has 3 rings (SSSR count). The number of nitrogens with one attached hydrogen (secondary N) is 1. The molecule has 1 saturated carbocycles. The maximum absolute atomic E-state index is 4.52. The van der Waals surface area contributed by atoms with Gasteiger partial charge in [0, 0.05) is 37.1 Å². The van der Waals surface area contributed by atoms with Crippen LogP contribution < -0.4 is 5.32 Å². The number of aromatic nitrogens is 4. The van der Waals surface area contributed by atoms with Gasteiger partial charge in [-0.3, -0.25) is 9.36 Å². The molecule has 1 aliphatic carbocycles. The zero-order chi connectivity index (χ0) is 14.7. The molecule has 0 aliphatic heterocycles. The average Bonchev–Trinajstić information content (AvgIpc) is 3.20. The minimum Gasteiger partial charge on any atom is -0.307 e. The molecule has 122 valence electrons. The summed E-state index contributed by atoms with van der Waals surface area (Å²) in [7, 11) is 0. The van der Waals surface area contributed by atoms with Gasteiger partial charge in [0.2, 0.25) is 0 Å². The lowest BCUT2D eigenvalue weighted by molar-refractivity contribution is 0.466. The van der Waals surface area contributed by atoms with Crippen LogP contribution in [0.1, 0.15) is 62.9 Å². The van der Waals surface area contributed by atoms with Crippen molar-refractivity contribution in [2.24, 2.45) is 0 Å². The molecule has 0 amide bonds. The number of nitrogens with zero attached hydrogens (tertiary/aromatic N) is 4. The first-order chi connectivity index (χ1) is 10.2. The van der Waals surface area contributed by atoms with Crippen LogP contribution in [-0.2, 0) is 13.1 Å². The Morgan fingerprint density at radius 2 is 2.00 bits per heavy atom. The van der Waals surface area contributed by atoms with E-state index in [0.29, 0.717) is 12.1 Å². The third-order valence-electron chi connectivity index (χ3n) is 4.23. The fourth-order valence-electron chi connectivity index (χ4n) is 3.12. The minimum absolute atomic E-state index is 0. The van der Waals surface area contributed by atoms with E-state index in [2.05, 4.69) is 51.0 Å². The molecule has 2 aromatic rings. The van der Waals surface area contributed by atoms with E-state index in [0.717, 1.165) is 13.1 Å². The average molecular weight is 324 g/mol. The van der Waals surface area contributed by atoms with Gasteiger partial charge in [0.25, 0.3) is 0 Å². The predicted octanol–water partition coefficient (Wildman–Crippen LogP) is 3.49. The Balaban J connectivity index is 0.00000176. The highest BCUT2D eigenvalue weighted by Gasteiger charge is 2.17. The van der Waals surface area contributed by atoms with E-state index >= 15 is 0 Å². The Hall–Kier alpha value is -1.33. The van der Waals surface area contributed by atoms with Crippen LogP contribution in [0.2, 0.25) is 0 Å². The summed E-state index contributed by atoms with van der Waals surface area (Å²) in [6.07, 6.45) is 11.3. The molecule has 6 heteroatoms. The fraction of sp³-hybridized carbons (Fsp3) is 0.625. The standard InChI is InChI=1S/C16H25N5.ClH/c1-13(2)21-16(7-8-18-21)11-17-9-14-10-19-20(12-14)15-5-3-4-6-15;/h7-8,10,12-13,15,17H,3-6,9,11H2,1-2H3;1H. The lowest BCUT2D eigenvalue weighted by Gasteiger charge is -2.11. The normalized spacial score (nSPS) is 15.4. The molecular formula is C16H26ClN5. The van der Waals surface area contributed by atoms with Crippen molar-refractivity contribution in [3.63, 3.8) is 0 Å². The zero-order valence-electron chi connectivity index (χ0n) is 13.4. The van der Waals surface area contributed by atoms with Crippen LogP contribution in [0.25, 0.3) is 0 Å². The van der Waals surface area contributed by atoms with Crippen molar-refractivity contribution < 1.29 is 0 Å². The van der Waals surface area contributed by atoms with Gasteiger partial charge in [0.1, 0.15) is 0 Å². The second-order valence-corrected chi connectivity index (χ2v) is 6.23. The Bertz CT molecular complexity index is 569. The number of hydrogen-bond donors (Lipinski definition) is 1. The van der Waals surface area contributed by atoms with Gasteiger partial charge in [-0.05, 0) is 32.8 Å². The third kappa shape index (κ3) is 3.90. The Morgan fingerprint density at radius 3 is 2.73 bits per heavy atom. The van der Waals surface area contributed by atoms with Crippen molar-refractivity contribution >= 4 is 12.4 Å². The highest BCUT2D eigenvalue weighted by atomic mass is 35.5. The minimum atomic E-state index is 0. The van der Waals surface area contributed by atoms with Crippen LogP contribution in [0.3, 0.4) is 0 Å². The van der Waals surface area contributed by atoms with Crippen molar-refractivity contribution in [1.29, 1.82) is 0 Å². The summed E-state index contributed by atoms with van der Waals surface area (Å²) in [5.74, 6) is 0. The van der Waals surface area contributed by atoms with Gasteiger partial charge in [-0.1, -0.05) is 12.8 Å². The quantitative estimate of drug-likeness (QED) is 0.885. The van der Waals surface area contributed by atoms with Crippen molar-refractivity contribution in [3.8, 4) is 0 Å². The van der Waals surface area contributed by atoms with Crippen LogP contribution in [0.4, 0.5) is 0 Å². The molecule has 2 heterocycles. The smallest absolute Gasteiger partial charge is 0.0534 e. The lowest BCUT2D eigenvalue weighted by atomic mass is 10.2. The van der Waals surface area contributed by atoms with E-state index in [1.54, 1.807) is 0 Å². The summed E-state index contributed by atoms with van der Waals surface area (Å²) in [6, 6.07) is 3.11. The molecular weight excluding hydrogens is 298 g/mol. The van der Waals surface area contributed by atoms with Gasteiger partial charge in [0.15, 0.2) is 0 Å². The zero-order valence-corrected chi connectivity index (χ0v) is 14.2. The molecule has 0 radical (unpaired) electrons. The molecule has 1 aliphatic rings. The molecule has 1 N–H and O–H groups in total. The monoisotopic (exact) mass is 323 g/mol. The first-order valence-electron chi connectivity index (χ1n) is 8.00. The number of rotatable bonds is 6. The summed E-state index contributed by atoms with van der Waals surface area (Å²) < 4.78 is 4.22. The van der Waals surface area contributed by atoms with E-state index in [1.165, 1.54) is 36.9 Å². The van der Waals surface area contributed by atoms with Crippen LogP contribution in [0.15, 0.2) is 24.7 Å². The van der Waals surface area contributed by atoms with Crippen molar-refractivity contribution in [1.82, 2.24) is 24.9 Å². The highest BCUT2D eigenvalue weighted by Crippen LogP contribution is 2.28. The van der Waals surface area contributed by atoms with Crippen molar-refractivity contribution in [2.45, 2.75) is 64.7 Å². The first-order valence-corrected chi connectivity index (χ1v) is 8.00. The van der Waals surface area contributed by atoms with E-state index in [9.17, 15) is 0 Å². The lowest BCUT2D eigenvalue weighted by Crippen LogP contribution is -2.17. The summed E-state index contributed by atoms with van der Waals surface area (Å²) in [4.78, 5) is 0. The molecule has 0 unspecified atom stereocenters. The van der Waals surface area contributed by atoms with Gasteiger partial charge >= 0.3 is 0 Å². The van der Waals surface area contributed by atoms with Crippen molar-refractivity contribution in [3.05, 3.63) is 35.9 Å². The van der Waals surface area contributed by atoms with E-state index < -0.39 is 0 Å². The summed E-state index contributed by atoms with van der Waals surface area (Å²) in [5.41, 5.74) is 2.49. The first kappa shape index (κ1) is 17.0. The molecule has 1 fully saturated rings. The summed E-state index contributed by atoms with van der Waals surface area (Å²) in [5, 5.41) is 12.4. The molecule has 0 bridgehead atoms. The predicted molar refractivity (Wildman–Crippen MR) is 90.1 cm³/mol.